The summed E-state index contributed by atoms with van der Waals surface area (Å²) in [5.74, 6) is 1.23. The van der Waals surface area contributed by atoms with E-state index in [1.165, 1.54) is 12.1 Å². The molecule has 1 atom stereocenters. The fourth-order valence-electron chi connectivity index (χ4n) is 3.73. The molecule has 1 aliphatic rings. The Labute approximate surface area is 181 Å². The third kappa shape index (κ3) is 5.15. The Hall–Kier alpha value is -3.54. The summed E-state index contributed by atoms with van der Waals surface area (Å²) in [6, 6.07) is 21.7. The van der Waals surface area contributed by atoms with Gasteiger partial charge in [-0.25, -0.2) is 4.39 Å². The van der Waals surface area contributed by atoms with E-state index >= 15 is 0 Å². The molecule has 1 N–H and O–H groups in total. The molecular weight excluding hydrogens is 395 g/mol. The summed E-state index contributed by atoms with van der Waals surface area (Å²) >= 11 is 0. The van der Waals surface area contributed by atoms with Gasteiger partial charge in [-0.1, -0.05) is 36.4 Å². The molecule has 1 amide bonds. The molecule has 31 heavy (non-hydrogen) atoms. The lowest BCUT2D eigenvalue weighted by Crippen LogP contribution is -2.45. The van der Waals surface area contributed by atoms with E-state index in [9.17, 15) is 9.18 Å². The molecule has 0 fully saturated rings. The largest absolute Gasteiger partial charge is 0.497 e. The summed E-state index contributed by atoms with van der Waals surface area (Å²) in [5.41, 5.74) is 2.88. The Morgan fingerprint density at radius 3 is 2.71 bits per heavy atom. The number of anilines is 1. The molecule has 3 aromatic carbocycles. The van der Waals surface area contributed by atoms with Crippen molar-refractivity contribution < 1.29 is 18.7 Å². The molecule has 1 heterocycles. The van der Waals surface area contributed by atoms with Gasteiger partial charge in [-0.2, -0.15) is 0 Å². The Bertz CT molecular complexity index is 1040. The number of fused-ring (bicyclic) bond motifs is 1. The molecule has 0 unspecified atom stereocenters. The van der Waals surface area contributed by atoms with Crippen LogP contribution < -0.4 is 19.7 Å². The number of para-hydroxylation sites is 2. The third-order valence-electron chi connectivity index (χ3n) is 5.36. The van der Waals surface area contributed by atoms with Gasteiger partial charge in [0.2, 0.25) is 5.91 Å². The van der Waals surface area contributed by atoms with Gasteiger partial charge in [0.25, 0.3) is 0 Å². The molecule has 5 nitrogen and oxygen atoms in total. The number of carbonyl (C=O) groups is 1. The van der Waals surface area contributed by atoms with Crippen LogP contribution in [0.3, 0.4) is 0 Å². The van der Waals surface area contributed by atoms with Crippen LogP contribution in [0.1, 0.15) is 17.5 Å². The van der Waals surface area contributed by atoms with E-state index in [1.807, 2.05) is 48.5 Å². The zero-order valence-corrected chi connectivity index (χ0v) is 17.4. The number of carbonyl (C=O) groups excluding carboxylic acids is 1. The van der Waals surface area contributed by atoms with E-state index in [0.717, 1.165) is 28.3 Å². The topological polar surface area (TPSA) is 50.8 Å². The number of hydrogen-bond acceptors (Lipinski definition) is 4. The smallest absolute Gasteiger partial charge is 0.222 e. The number of amides is 1. The number of nitrogens with one attached hydrogen (secondary N) is 1. The Kier molecular flexibility index (Phi) is 6.36. The fourth-order valence-corrected chi connectivity index (χ4v) is 3.73. The zero-order chi connectivity index (χ0) is 21.6. The van der Waals surface area contributed by atoms with Crippen LogP contribution in [0.25, 0.3) is 0 Å². The van der Waals surface area contributed by atoms with Crippen LogP contribution in [0.2, 0.25) is 0 Å². The predicted molar refractivity (Wildman–Crippen MR) is 118 cm³/mol. The van der Waals surface area contributed by atoms with Crippen molar-refractivity contribution in [2.45, 2.75) is 25.6 Å². The number of ether oxygens (including phenoxy) is 2. The minimum atomic E-state index is -0.264. The van der Waals surface area contributed by atoms with Crippen LogP contribution in [-0.4, -0.2) is 25.7 Å². The van der Waals surface area contributed by atoms with E-state index in [4.69, 9.17) is 9.47 Å². The molecule has 0 aromatic heterocycles. The van der Waals surface area contributed by atoms with E-state index in [1.54, 1.807) is 19.2 Å². The maximum absolute atomic E-state index is 13.3. The van der Waals surface area contributed by atoms with Crippen molar-refractivity contribution in [3.05, 3.63) is 89.7 Å². The highest BCUT2D eigenvalue weighted by molar-refractivity contribution is 5.77. The van der Waals surface area contributed by atoms with Crippen LogP contribution in [0, 0.1) is 5.82 Å². The molecule has 4 rings (SSSR count). The van der Waals surface area contributed by atoms with Gasteiger partial charge in [0.05, 0.1) is 25.3 Å². The van der Waals surface area contributed by atoms with Crippen molar-refractivity contribution in [3.8, 4) is 11.5 Å². The first kappa shape index (κ1) is 20.7. The maximum Gasteiger partial charge on any atom is 0.222 e. The molecule has 0 saturated carbocycles. The predicted octanol–water partition coefficient (Wildman–Crippen LogP) is 4.31. The summed E-state index contributed by atoms with van der Waals surface area (Å²) in [6.07, 6.45) is 0.291. The van der Waals surface area contributed by atoms with Crippen LogP contribution in [0.4, 0.5) is 10.1 Å². The molecule has 1 aliphatic heterocycles. The van der Waals surface area contributed by atoms with E-state index in [2.05, 4.69) is 10.2 Å². The molecule has 3 aromatic rings. The summed E-state index contributed by atoms with van der Waals surface area (Å²) in [4.78, 5) is 14.9. The van der Waals surface area contributed by atoms with Gasteiger partial charge in [0.15, 0.2) is 0 Å². The molecule has 0 aliphatic carbocycles. The summed E-state index contributed by atoms with van der Waals surface area (Å²) in [7, 11) is 1.62. The SMILES string of the molecule is COc1cccc(CNC(=O)C[C@H]2COc3ccccc3N2Cc2ccc(F)cc2)c1. The number of rotatable bonds is 7. The summed E-state index contributed by atoms with van der Waals surface area (Å²) < 4.78 is 24.5. The monoisotopic (exact) mass is 420 g/mol. The van der Waals surface area contributed by atoms with Gasteiger partial charge in [-0.15, -0.1) is 0 Å². The first-order valence-electron chi connectivity index (χ1n) is 10.2. The summed E-state index contributed by atoms with van der Waals surface area (Å²) in [6.45, 7) is 1.40. The van der Waals surface area contributed by atoms with Crippen molar-refractivity contribution in [1.82, 2.24) is 5.32 Å². The van der Waals surface area contributed by atoms with Gasteiger partial charge < -0.3 is 19.7 Å². The van der Waals surface area contributed by atoms with Crippen LogP contribution >= 0.6 is 0 Å². The first-order valence-corrected chi connectivity index (χ1v) is 10.2. The second-order valence-corrected chi connectivity index (χ2v) is 7.52. The van der Waals surface area contributed by atoms with Crippen molar-refractivity contribution in [2.24, 2.45) is 0 Å². The number of halogens is 1. The van der Waals surface area contributed by atoms with Crippen molar-refractivity contribution in [3.63, 3.8) is 0 Å². The minimum Gasteiger partial charge on any atom is -0.497 e. The zero-order valence-electron chi connectivity index (χ0n) is 17.4. The lowest BCUT2D eigenvalue weighted by molar-refractivity contribution is -0.121. The average Bonchev–Trinajstić information content (AvgIpc) is 2.80. The molecule has 0 saturated heterocycles. The minimum absolute atomic E-state index is 0.0556. The van der Waals surface area contributed by atoms with Crippen LogP contribution in [0.15, 0.2) is 72.8 Å². The van der Waals surface area contributed by atoms with Crippen molar-refractivity contribution in [2.75, 3.05) is 18.6 Å². The number of nitrogens with zero attached hydrogens (tertiary/aromatic N) is 1. The van der Waals surface area contributed by atoms with E-state index in [-0.39, 0.29) is 17.8 Å². The number of hydrogen-bond donors (Lipinski definition) is 1. The quantitative estimate of drug-likeness (QED) is 0.619. The van der Waals surface area contributed by atoms with Gasteiger partial charge in [-0.05, 0) is 47.5 Å². The lowest BCUT2D eigenvalue weighted by Gasteiger charge is -2.38. The number of methoxy groups -OCH3 is 1. The molecule has 0 radical (unpaired) electrons. The van der Waals surface area contributed by atoms with Gasteiger partial charge in [0.1, 0.15) is 23.9 Å². The highest BCUT2D eigenvalue weighted by Gasteiger charge is 2.29. The Morgan fingerprint density at radius 2 is 1.90 bits per heavy atom. The van der Waals surface area contributed by atoms with Crippen LogP contribution in [-0.2, 0) is 17.9 Å². The molecule has 160 valence electrons. The molecule has 0 spiro atoms. The van der Waals surface area contributed by atoms with Crippen LogP contribution in [0.5, 0.6) is 11.5 Å². The molecular formula is C25H25FN2O3. The van der Waals surface area contributed by atoms with Gasteiger partial charge >= 0.3 is 0 Å². The first-order chi connectivity index (χ1) is 15.1. The van der Waals surface area contributed by atoms with Gasteiger partial charge in [-0.3, -0.25) is 4.79 Å². The maximum atomic E-state index is 13.3. The lowest BCUT2D eigenvalue weighted by atomic mass is 10.1. The standard InChI is InChI=1S/C25H25FN2O3/c1-30-22-6-4-5-19(13-22)15-27-25(29)14-21-17-31-24-8-3-2-7-23(24)28(21)16-18-9-11-20(26)12-10-18/h2-13,21H,14-17H2,1H3,(H,27,29)/t21-/m0/s1. The highest BCUT2D eigenvalue weighted by atomic mass is 19.1. The Balaban J connectivity index is 1.46. The average molecular weight is 420 g/mol. The molecule has 0 bridgehead atoms. The normalized spacial score (nSPS) is 15.0. The summed E-state index contributed by atoms with van der Waals surface area (Å²) in [5, 5.41) is 2.99. The fraction of sp³-hybridized carbons (Fsp3) is 0.240. The second-order valence-electron chi connectivity index (χ2n) is 7.52. The second kappa shape index (κ2) is 9.51. The Morgan fingerprint density at radius 1 is 1.10 bits per heavy atom. The van der Waals surface area contributed by atoms with E-state index < -0.39 is 0 Å². The third-order valence-corrected chi connectivity index (χ3v) is 5.36. The van der Waals surface area contributed by atoms with Crippen molar-refractivity contribution in [1.29, 1.82) is 0 Å². The number of benzene rings is 3. The molecule has 6 heteroatoms. The van der Waals surface area contributed by atoms with Crippen molar-refractivity contribution >= 4 is 11.6 Å². The van der Waals surface area contributed by atoms with Gasteiger partial charge in [0, 0.05) is 13.1 Å². The van der Waals surface area contributed by atoms with E-state index in [0.29, 0.717) is 26.1 Å². The highest BCUT2D eigenvalue weighted by Crippen LogP contribution is 2.35.